The van der Waals surface area contributed by atoms with Crippen molar-refractivity contribution in [2.45, 2.75) is 12.8 Å². The van der Waals surface area contributed by atoms with Gasteiger partial charge in [0.05, 0.1) is 5.39 Å². The van der Waals surface area contributed by atoms with E-state index in [1.807, 2.05) is 20.2 Å². The van der Waals surface area contributed by atoms with Gasteiger partial charge in [0.15, 0.2) is 0 Å². The first kappa shape index (κ1) is 15.5. The summed E-state index contributed by atoms with van der Waals surface area (Å²) in [5.74, 6) is 0.160. The molecule has 104 valence electrons. The number of nitrogens with zero attached hydrogens (tertiary/aromatic N) is 1. The molecule has 0 saturated heterocycles. The van der Waals surface area contributed by atoms with Crippen LogP contribution in [0.5, 0.6) is 5.75 Å². The Bertz CT molecular complexity index is 608. The van der Waals surface area contributed by atoms with Crippen molar-refractivity contribution in [2.75, 3.05) is 20.6 Å². The van der Waals surface area contributed by atoms with Gasteiger partial charge in [0, 0.05) is 11.1 Å². The summed E-state index contributed by atoms with van der Waals surface area (Å²) in [5.41, 5.74) is 0.735. The van der Waals surface area contributed by atoms with Crippen LogP contribution in [0.1, 0.15) is 12.1 Å². The lowest BCUT2D eigenvalue weighted by Crippen LogP contribution is -2.15. The molecule has 0 atom stereocenters. The highest BCUT2D eigenvalue weighted by molar-refractivity contribution is 5.87. The van der Waals surface area contributed by atoms with E-state index >= 15 is 0 Å². The van der Waals surface area contributed by atoms with E-state index in [-0.39, 0.29) is 23.7 Å². The van der Waals surface area contributed by atoms with Crippen LogP contribution in [0.4, 0.5) is 0 Å². The third-order valence-corrected chi connectivity index (χ3v) is 2.97. The number of fused-ring (bicyclic) bond motifs is 1. The third kappa shape index (κ3) is 3.72. The number of phenols is 1. The topological polar surface area (TPSA) is 56.3 Å². The van der Waals surface area contributed by atoms with Gasteiger partial charge in [0.2, 0.25) is 0 Å². The fourth-order valence-corrected chi connectivity index (χ4v) is 2.05. The maximum Gasteiger partial charge on any atom is 0.256 e. The van der Waals surface area contributed by atoms with Gasteiger partial charge in [-0.1, -0.05) is 6.07 Å². The summed E-state index contributed by atoms with van der Waals surface area (Å²) in [7, 11) is 4.05. The minimum absolute atomic E-state index is 0. The average Bonchev–Trinajstić information content (AvgIpc) is 2.30. The summed E-state index contributed by atoms with van der Waals surface area (Å²) in [6, 6.07) is 6.86. The van der Waals surface area contributed by atoms with Crippen LogP contribution >= 0.6 is 12.4 Å². The van der Waals surface area contributed by atoms with Crippen LogP contribution in [-0.2, 0) is 6.42 Å². The Morgan fingerprint density at radius 1 is 1.26 bits per heavy atom. The molecule has 0 aliphatic carbocycles. The van der Waals surface area contributed by atoms with Crippen LogP contribution in [-0.4, -0.2) is 35.6 Å². The molecule has 1 aromatic heterocycles. The van der Waals surface area contributed by atoms with E-state index in [9.17, 15) is 9.90 Å². The molecule has 0 aliphatic heterocycles. The maximum absolute atomic E-state index is 11.9. The van der Waals surface area contributed by atoms with Crippen LogP contribution in [0.2, 0.25) is 0 Å². The molecule has 0 aliphatic rings. The van der Waals surface area contributed by atoms with Gasteiger partial charge >= 0.3 is 0 Å². The molecule has 0 unspecified atom stereocenters. The first-order valence-corrected chi connectivity index (χ1v) is 6.06. The van der Waals surface area contributed by atoms with Crippen molar-refractivity contribution in [3.63, 3.8) is 0 Å². The van der Waals surface area contributed by atoms with E-state index < -0.39 is 0 Å². The Morgan fingerprint density at radius 2 is 2.00 bits per heavy atom. The molecule has 2 N–H and O–H groups in total. The summed E-state index contributed by atoms with van der Waals surface area (Å²) in [5, 5.41) is 10.9. The summed E-state index contributed by atoms with van der Waals surface area (Å²) >= 11 is 0. The zero-order valence-corrected chi connectivity index (χ0v) is 12.0. The average molecular weight is 283 g/mol. The number of pyridine rings is 1. The highest BCUT2D eigenvalue weighted by atomic mass is 35.5. The van der Waals surface area contributed by atoms with Gasteiger partial charge in [-0.3, -0.25) is 4.79 Å². The highest BCUT2D eigenvalue weighted by Gasteiger charge is 2.05. The zero-order valence-electron chi connectivity index (χ0n) is 11.1. The molecule has 0 amide bonds. The second-order valence-corrected chi connectivity index (χ2v) is 4.77. The van der Waals surface area contributed by atoms with E-state index in [1.165, 1.54) is 0 Å². The second kappa shape index (κ2) is 6.59. The smallest absolute Gasteiger partial charge is 0.256 e. The number of hydrogen-bond acceptors (Lipinski definition) is 3. The van der Waals surface area contributed by atoms with E-state index in [0.29, 0.717) is 10.8 Å². The van der Waals surface area contributed by atoms with Crippen LogP contribution in [0.3, 0.4) is 0 Å². The van der Waals surface area contributed by atoms with E-state index in [2.05, 4.69) is 9.88 Å². The van der Waals surface area contributed by atoms with Crippen molar-refractivity contribution >= 4 is 23.2 Å². The molecule has 0 bridgehead atoms. The summed E-state index contributed by atoms with van der Waals surface area (Å²) < 4.78 is 0. The second-order valence-electron chi connectivity index (χ2n) is 4.77. The van der Waals surface area contributed by atoms with Gasteiger partial charge in [0.1, 0.15) is 5.75 Å². The Labute approximate surface area is 118 Å². The first-order valence-electron chi connectivity index (χ1n) is 6.06. The third-order valence-electron chi connectivity index (χ3n) is 2.97. The predicted molar refractivity (Wildman–Crippen MR) is 80.4 cm³/mol. The SMILES string of the molecule is CN(C)CCCc1cc2c(O)cccc2c(=O)[nH]1.Cl. The fourth-order valence-electron chi connectivity index (χ4n) is 2.05. The molecule has 1 heterocycles. The monoisotopic (exact) mass is 282 g/mol. The number of H-pyrrole nitrogens is 1. The number of aromatic hydroxyl groups is 1. The standard InChI is InChI=1S/C14H18N2O2.ClH/c1-16(2)8-4-5-10-9-12-11(14(18)15-10)6-3-7-13(12)17;/h3,6-7,9,17H,4-5,8H2,1-2H3,(H,15,18);1H. The Hall–Kier alpha value is -1.52. The van der Waals surface area contributed by atoms with Crippen molar-refractivity contribution in [3.8, 4) is 5.75 Å². The lowest BCUT2D eigenvalue weighted by Gasteiger charge is -2.09. The molecule has 4 nitrogen and oxygen atoms in total. The molecule has 2 rings (SSSR count). The molecule has 19 heavy (non-hydrogen) atoms. The van der Waals surface area contributed by atoms with Crippen molar-refractivity contribution in [1.29, 1.82) is 0 Å². The lowest BCUT2D eigenvalue weighted by atomic mass is 10.1. The lowest BCUT2D eigenvalue weighted by molar-refractivity contribution is 0.399. The Morgan fingerprint density at radius 3 is 2.68 bits per heavy atom. The largest absolute Gasteiger partial charge is 0.507 e. The van der Waals surface area contributed by atoms with Crippen molar-refractivity contribution in [1.82, 2.24) is 9.88 Å². The number of aromatic amines is 1. The molecule has 0 fully saturated rings. The number of rotatable bonds is 4. The van der Waals surface area contributed by atoms with E-state index in [4.69, 9.17) is 0 Å². The molecule has 0 spiro atoms. The number of nitrogens with one attached hydrogen (secondary N) is 1. The van der Waals surface area contributed by atoms with Gasteiger partial charge in [0.25, 0.3) is 5.56 Å². The van der Waals surface area contributed by atoms with E-state index in [0.717, 1.165) is 25.1 Å². The number of aromatic nitrogens is 1. The van der Waals surface area contributed by atoms with Crippen molar-refractivity contribution in [2.24, 2.45) is 0 Å². The predicted octanol–water partition coefficient (Wildman–Crippen LogP) is 2.15. The molecule has 5 heteroatoms. The minimum atomic E-state index is -0.136. The van der Waals surface area contributed by atoms with Crippen LogP contribution in [0.25, 0.3) is 10.8 Å². The normalized spacial score (nSPS) is 10.7. The van der Waals surface area contributed by atoms with Gasteiger partial charge in [-0.2, -0.15) is 0 Å². The zero-order chi connectivity index (χ0) is 13.1. The van der Waals surface area contributed by atoms with Gasteiger partial charge in [-0.25, -0.2) is 0 Å². The van der Waals surface area contributed by atoms with Crippen LogP contribution in [0.15, 0.2) is 29.1 Å². The number of phenolic OH excluding ortho intramolecular Hbond substituents is 1. The van der Waals surface area contributed by atoms with Gasteiger partial charge in [-0.15, -0.1) is 12.4 Å². The first-order chi connectivity index (χ1) is 8.58. The molecule has 1 aromatic carbocycles. The molecule has 0 radical (unpaired) electrons. The van der Waals surface area contributed by atoms with Crippen LogP contribution < -0.4 is 5.56 Å². The molecule has 0 saturated carbocycles. The number of halogens is 1. The number of aryl methyl sites for hydroxylation is 1. The molecular weight excluding hydrogens is 264 g/mol. The number of hydrogen-bond donors (Lipinski definition) is 2. The fraction of sp³-hybridized carbons (Fsp3) is 0.357. The minimum Gasteiger partial charge on any atom is -0.507 e. The molecular formula is C14H19ClN2O2. The van der Waals surface area contributed by atoms with Crippen LogP contribution in [0, 0.1) is 0 Å². The maximum atomic E-state index is 11.9. The quantitative estimate of drug-likeness (QED) is 0.903. The Balaban J connectivity index is 0.00000180. The van der Waals surface area contributed by atoms with Crippen molar-refractivity contribution < 1.29 is 5.11 Å². The number of benzene rings is 1. The summed E-state index contributed by atoms with van der Waals surface area (Å²) in [6.07, 6.45) is 1.78. The Kier molecular flexibility index (Phi) is 5.39. The molecule has 2 aromatic rings. The summed E-state index contributed by atoms with van der Waals surface area (Å²) in [6.45, 7) is 0.973. The highest BCUT2D eigenvalue weighted by Crippen LogP contribution is 2.22. The van der Waals surface area contributed by atoms with E-state index in [1.54, 1.807) is 18.2 Å². The summed E-state index contributed by atoms with van der Waals surface area (Å²) in [4.78, 5) is 16.8. The van der Waals surface area contributed by atoms with Crippen molar-refractivity contribution in [3.05, 3.63) is 40.3 Å². The van der Waals surface area contributed by atoms with Gasteiger partial charge < -0.3 is 15.0 Å². The van der Waals surface area contributed by atoms with Gasteiger partial charge in [-0.05, 0) is 51.7 Å².